The Bertz CT molecular complexity index is 946. The predicted octanol–water partition coefficient (Wildman–Crippen LogP) is 3.67. The van der Waals surface area contributed by atoms with Crippen LogP contribution in [0.3, 0.4) is 0 Å². The summed E-state index contributed by atoms with van der Waals surface area (Å²) in [5, 5.41) is 12.3. The summed E-state index contributed by atoms with van der Waals surface area (Å²) in [4.78, 5) is 37.0. The van der Waals surface area contributed by atoms with Crippen molar-refractivity contribution in [1.82, 2.24) is 0 Å². The minimum absolute atomic E-state index is 0.0900. The average Bonchev–Trinajstić information content (AvgIpc) is 2.61. The van der Waals surface area contributed by atoms with Crippen LogP contribution in [0.5, 0.6) is 0 Å². The van der Waals surface area contributed by atoms with Gasteiger partial charge in [-0.05, 0) is 30.3 Å². The van der Waals surface area contributed by atoms with Crippen LogP contribution in [-0.4, -0.2) is 28.8 Å². The maximum absolute atomic E-state index is 11.9. The van der Waals surface area contributed by atoms with E-state index in [9.17, 15) is 19.5 Å². The fourth-order valence-electron chi connectivity index (χ4n) is 2.43. The lowest BCUT2D eigenvalue weighted by Gasteiger charge is -2.29. The first-order valence-electron chi connectivity index (χ1n) is 8.29. The number of anilines is 1. The minimum atomic E-state index is -1.32. The molecule has 28 heavy (non-hydrogen) atoms. The lowest BCUT2D eigenvalue weighted by Crippen LogP contribution is -2.42. The van der Waals surface area contributed by atoms with Crippen LogP contribution in [0, 0.1) is 0 Å². The molecule has 0 amide bonds. The average molecular weight is 399 g/mol. The molecule has 0 radical (unpaired) electrons. The van der Waals surface area contributed by atoms with Gasteiger partial charge in [0.1, 0.15) is 0 Å². The van der Waals surface area contributed by atoms with Crippen LogP contribution in [0.15, 0.2) is 70.1 Å². The highest BCUT2D eigenvalue weighted by Gasteiger charge is 2.38. The van der Waals surface area contributed by atoms with E-state index in [4.69, 9.17) is 9.47 Å². The molecule has 0 atom stereocenters. The Balaban J connectivity index is 1.82. The van der Waals surface area contributed by atoms with Gasteiger partial charge in [-0.25, -0.2) is 14.4 Å². The van der Waals surface area contributed by atoms with E-state index in [0.29, 0.717) is 10.6 Å². The smallest absolute Gasteiger partial charge is 0.350 e. The van der Waals surface area contributed by atoms with Crippen LogP contribution in [0.1, 0.15) is 24.2 Å². The van der Waals surface area contributed by atoms with Crippen molar-refractivity contribution < 1.29 is 29.0 Å². The number of carbonyl (C=O) groups is 3. The van der Waals surface area contributed by atoms with Gasteiger partial charge in [-0.2, -0.15) is 0 Å². The van der Waals surface area contributed by atoms with Crippen molar-refractivity contribution in [3.05, 3.63) is 65.9 Å². The van der Waals surface area contributed by atoms with Crippen LogP contribution in [-0.2, 0) is 19.1 Å². The SMILES string of the molecule is CC1(C)OC(=O)C(=CNc2ccc(Sc3ccccc3)c(C(=O)O)c2)C(=O)O1. The maximum Gasteiger partial charge on any atom is 0.350 e. The number of ether oxygens (including phenoxy) is 2. The normalized spacial score (nSPS) is 15.4. The van der Waals surface area contributed by atoms with Crippen molar-refractivity contribution in [1.29, 1.82) is 0 Å². The zero-order valence-corrected chi connectivity index (χ0v) is 15.9. The molecule has 0 unspecified atom stereocenters. The van der Waals surface area contributed by atoms with E-state index < -0.39 is 23.7 Å². The topological polar surface area (TPSA) is 102 Å². The number of esters is 2. The number of aromatic carboxylic acids is 1. The first kappa shape index (κ1) is 19.5. The molecule has 2 aromatic rings. The fraction of sp³-hybridized carbons (Fsp3) is 0.150. The van der Waals surface area contributed by atoms with Gasteiger partial charge in [-0.3, -0.25) is 0 Å². The van der Waals surface area contributed by atoms with E-state index in [0.717, 1.165) is 11.1 Å². The summed E-state index contributed by atoms with van der Waals surface area (Å²) in [6, 6.07) is 14.1. The summed E-state index contributed by atoms with van der Waals surface area (Å²) in [6.07, 6.45) is 1.14. The van der Waals surface area contributed by atoms with Crippen LogP contribution in [0.2, 0.25) is 0 Å². The highest BCUT2D eigenvalue weighted by atomic mass is 32.2. The number of cyclic esters (lactones) is 2. The third-order valence-corrected chi connectivity index (χ3v) is 4.76. The monoisotopic (exact) mass is 399 g/mol. The number of benzene rings is 2. The van der Waals surface area contributed by atoms with Crippen LogP contribution < -0.4 is 5.32 Å². The molecule has 1 aliphatic rings. The molecule has 7 nitrogen and oxygen atoms in total. The molecule has 1 fully saturated rings. The standard InChI is InChI=1S/C20H17NO6S/c1-20(2)26-18(24)15(19(25)27-20)11-21-12-8-9-16(14(10-12)17(22)23)28-13-6-4-3-5-7-13/h3-11,21H,1-2H3,(H,22,23). The minimum Gasteiger partial charge on any atom is -0.478 e. The van der Waals surface area contributed by atoms with Gasteiger partial charge >= 0.3 is 17.9 Å². The van der Waals surface area contributed by atoms with Crippen LogP contribution >= 0.6 is 11.8 Å². The van der Waals surface area contributed by atoms with Crippen molar-refractivity contribution >= 4 is 35.4 Å². The molecule has 2 N–H and O–H groups in total. The lowest BCUT2D eigenvalue weighted by atomic mass is 10.2. The first-order valence-corrected chi connectivity index (χ1v) is 9.10. The molecule has 0 bridgehead atoms. The van der Waals surface area contributed by atoms with Crippen molar-refractivity contribution in [2.24, 2.45) is 0 Å². The molecule has 8 heteroatoms. The quantitative estimate of drug-likeness (QED) is 0.446. The Morgan fingerprint density at radius 1 is 1.07 bits per heavy atom. The van der Waals surface area contributed by atoms with E-state index in [-0.39, 0.29) is 11.1 Å². The van der Waals surface area contributed by atoms with E-state index in [2.05, 4.69) is 5.32 Å². The second-order valence-electron chi connectivity index (χ2n) is 6.31. The second-order valence-corrected chi connectivity index (χ2v) is 7.43. The molecular formula is C20H17NO6S. The Hall–Kier alpha value is -3.26. The molecule has 1 aliphatic heterocycles. The Kier molecular flexibility index (Phi) is 5.41. The highest BCUT2D eigenvalue weighted by molar-refractivity contribution is 7.99. The molecule has 1 heterocycles. The summed E-state index contributed by atoms with van der Waals surface area (Å²) in [6.45, 7) is 2.91. The second kappa shape index (κ2) is 7.77. The fourth-order valence-corrected chi connectivity index (χ4v) is 3.36. The summed E-state index contributed by atoms with van der Waals surface area (Å²) >= 11 is 1.33. The summed E-state index contributed by atoms with van der Waals surface area (Å²) in [7, 11) is 0. The summed E-state index contributed by atoms with van der Waals surface area (Å²) < 4.78 is 10.0. The largest absolute Gasteiger partial charge is 0.478 e. The zero-order valence-electron chi connectivity index (χ0n) is 15.1. The molecule has 0 spiro atoms. The van der Waals surface area contributed by atoms with Gasteiger partial charge in [-0.1, -0.05) is 30.0 Å². The van der Waals surface area contributed by atoms with Crippen LogP contribution in [0.25, 0.3) is 0 Å². The van der Waals surface area contributed by atoms with Crippen molar-refractivity contribution in [2.45, 2.75) is 29.4 Å². The van der Waals surface area contributed by atoms with Gasteiger partial charge in [0, 0.05) is 35.5 Å². The van der Waals surface area contributed by atoms with E-state index >= 15 is 0 Å². The predicted molar refractivity (Wildman–Crippen MR) is 102 cm³/mol. The molecule has 0 aromatic heterocycles. The number of carbonyl (C=O) groups excluding carboxylic acids is 2. The lowest BCUT2D eigenvalue weighted by molar-refractivity contribution is -0.222. The Morgan fingerprint density at radius 2 is 1.71 bits per heavy atom. The number of nitrogens with one attached hydrogen (secondary N) is 1. The van der Waals surface area contributed by atoms with Crippen molar-refractivity contribution in [3.63, 3.8) is 0 Å². The van der Waals surface area contributed by atoms with Gasteiger partial charge in [-0.15, -0.1) is 0 Å². The van der Waals surface area contributed by atoms with Gasteiger partial charge < -0.3 is 19.9 Å². The van der Waals surface area contributed by atoms with E-state index in [1.165, 1.54) is 31.7 Å². The molecule has 0 aliphatic carbocycles. The molecule has 144 valence electrons. The molecular weight excluding hydrogens is 382 g/mol. The molecule has 2 aromatic carbocycles. The van der Waals surface area contributed by atoms with Gasteiger partial charge in [0.15, 0.2) is 5.57 Å². The van der Waals surface area contributed by atoms with Crippen molar-refractivity contribution in [3.8, 4) is 0 Å². The highest BCUT2D eigenvalue weighted by Crippen LogP contribution is 2.32. The van der Waals surface area contributed by atoms with Crippen LogP contribution in [0.4, 0.5) is 5.69 Å². The molecule has 0 saturated carbocycles. The zero-order chi connectivity index (χ0) is 20.3. The van der Waals surface area contributed by atoms with Gasteiger partial charge in [0.25, 0.3) is 5.79 Å². The third kappa shape index (κ3) is 4.52. The first-order chi connectivity index (χ1) is 13.2. The van der Waals surface area contributed by atoms with Crippen molar-refractivity contribution in [2.75, 3.05) is 5.32 Å². The molecule has 1 saturated heterocycles. The van der Waals surface area contributed by atoms with E-state index in [1.807, 2.05) is 30.3 Å². The molecule has 3 rings (SSSR count). The number of carboxylic acids is 1. The Labute approximate surface area is 165 Å². The number of hydrogen-bond donors (Lipinski definition) is 2. The maximum atomic E-state index is 11.9. The number of carboxylic acid groups (broad SMARTS) is 1. The van der Waals surface area contributed by atoms with E-state index in [1.54, 1.807) is 12.1 Å². The Morgan fingerprint density at radius 3 is 2.32 bits per heavy atom. The number of hydrogen-bond acceptors (Lipinski definition) is 7. The third-order valence-electron chi connectivity index (χ3n) is 3.68. The summed E-state index contributed by atoms with van der Waals surface area (Å²) in [5.74, 6) is -4.04. The van der Waals surface area contributed by atoms with Gasteiger partial charge in [0.05, 0.1) is 5.56 Å². The van der Waals surface area contributed by atoms with Gasteiger partial charge in [0.2, 0.25) is 0 Å². The number of rotatable bonds is 5. The summed E-state index contributed by atoms with van der Waals surface area (Å²) in [5.41, 5.74) is 0.180.